The van der Waals surface area contributed by atoms with Gasteiger partial charge in [-0.3, -0.25) is 0 Å². The van der Waals surface area contributed by atoms with Gasteiger partial charge in [0.1, 0.15) is 0 Å². The molecule has 1 saturated carbocycles. The summed E-state index contributed by atoms with van der Waals surface area (Å²) in [7, 11) is 1.94. The zero-order valence-corrected chi connectivity index (χ0v) is 12.3. The number of anilines is 1. The van der Waals surface area contributed by atoms with E-state index >= 15 is 0 Å². The van der Waals surface area contributed by atoms with E-state index in [1.54, 1.807) is 0 Å². The van der Waals surface area contributed by atoms with Crippen molar-refractivity contribution in [2.24, 2.45) is 0 Å². The van der Waals surface area contributed by atoms with Crippen molar-refractivity contribution in [1.82, 2.24) is 5.32 Å². The van der Waals surface area contributed by atoms with Crippen molar-refractivity contribution in [2.45, 2.75) is 38.3 Å². The fraction of sp³-hybridized carbons (Fsp3) is 0.600. The second-order valence-electron chi connectivity index (χ2n) is 5.12. The first-order valence-electron chi connectivity index (χ1n) is 7.07. The van der Waals surface area contributed by atoms with Crippen molar-refractivity contribution in [3.8, 4) is 0 Å². The zero-order chi connectivity index (χ0) is 13.7. The van der Waals surface area contributed by atoms with E-state index in [-0.39, 0.29) is 6.61 Å². The summed E-state index contributed by atoms with van der Waals surface area (Å²) in [6.45, 7) is 1.92. The van der Waals surface area contributed by atoms with E-state index < -0.39 is 0 Å². The van der Waals surface area contributed by atoms with Gasteiger partial charge in [-0.05, 0) is 44.9 Å². The fourth-order valence-corrected chi connectivity index (χ4v) is 2.84. The quantitative estimate of drug-likeness (QED) is 0.807. The smallest absolute Gasteiger partial charge is 0.0471 e. The molecule has 1 fully saturated rings. The van der Waals surface area contributed by atoms with Crippen LogP contribution >= 0.6 is 11.6 Å². The van der Waals surface area contributed by atoms with Crippen LogP contribution < -0.4 is 10.2 Å². The van der Waals surface area contributed by atoms with Gasteiger partial charge in [0.05, 0.1) is 0 Å². The molecule has 0 aromatic heterocycles. The van der Waals surface area contributed by atoms with Gasteiger partial charge in [-0.2, -0.15) is 0 Å². The molecule has 0 amide bonds. The van der Waals surface area contributed by atoms with Crippen LogP contribution in [-0.2, 0) is 6.54 Å². The lowest BCUT2D eigenvalue weighted by Crippen LogP contribution is -2.41. The molecule has 0 radical (unpaired) electrons. The maximum absolute atomic E-state index is 9.10. The summed E-state index contributed by atoms with van der Waals surface area (Å²) in [6, 6.07) is 6.72. The maximum Gasteiger partial charge on any atom is 0.0471 e. The lowest BCUT2D eigenvalue weighted by atomic mass is 9.90. The predicted molar refractivity (Wildman–Crippen MR) is 80.9 cm³/mol. The summed E-state index contributed by atoms with van der Waals surface area (Å²) in [6.07, 6.45) is 4.61. The van der Waals surface area contributed by atoms with E-state index in [0.29, 0.717) is 6.04 Å². The van der Waals surface area contributed by atoms with Gasteiger partial charge in [0.15, 0.2) is 0 Å². The Labute approximate surface area is 120 Å². The number of aliphatic hydroxyl groups is 1. The second-order valence-corrected chi connectivity index (χ2v) is 5.53. The highest BCUT2D eigenvalue weighted by Crippen LogP contribution is 2.34. The van der Waals surface area contributed by atoms with Crippen LogP contribution in [0.4, 0.5) is 5.69 Å². The lowest BCUT2D eigenvalue weighted by molar-refractivity contribution is 0.283. The molecule has 1 aromatic carbocycles. The molecule has 0 aliphatic heterocycles. The number of halogens is 1. The molecule has 2 N–H and O–H groups in total. The zero-order valence-electron chi connectivity index (χ0n) is 11.5. The van der Waals surface area contributed by atoms with Crippen LogP contribution in [0, 0.1) is 0 Å². The number of rotatable bonds is 7. The van der Waals surface area contributed by atoms with Gasteiger partial charge in [-0.25, -0.2) is 0 Å². The Morgan fingerprint density at radius 2 is 2.21 bits per heavy atom. The normalized spacial score (nSPS) is 15.3. The number of hydrogen-bond donors (Lipinski definition) is 2. The summed E-state index contributed by atoms with van der Waals surface area (Å²) < 4.78 is 0. The highest BCUT2D eigenvalue weighted by molar-refractivity contribution is 6.31. The van der Waals surface area contributed by atoms with Crippen molar-refractivity contribution in [1.29, 1.82) is 0 Å². The third-order valence-electron chi connectivity index (χ3n) is 3.83. The van der Waals surface area contributed by atoms with E-state index in [1.807, 2.05) is 19.2 Å². The Morgan fingerprint density at radius 3 is 2.79 bits per heavy atom. The molecule has 1 aromatic rings. The van der Waals surface area contributed by atoms with Gasteiger partial charge in [0.2, 0.25) is 0 Å². The van der Waals surface area contributed by atoms with E-state index in [9.17, 15) is 0 Å². The number of nitrogens with zero attached hydrogens (tertiary/aromatic N) is 1. The minimum Gasteiger partial charge on any atom is -0.396 e. The van der Waals surface area contributed by atoms with Crippen LogP contribution in [-0.4, -0.2) is 31.3 Å². The van der Waals surface area contributed by atoms with Gasteiger partial charge in [0, 0.05) is 42.0 Å². The lowest BCUT2D eigenvalue weighted by Gasteiger charge is -2.40. The van der Waals surface area contributed by atoms with Crippen LogP contribution in [0.5, 0.6) is 0 Å². The molecule has 0 heterocycles. The van der Waals surface area contributed by atoms with Gasteiger partial charge in [0.25, 0.3) is 0 Å². The Kier molecular flexibility index (Phi) is 5.49. The molecule has 0 unspecified atom stereocenters. The van der Waals surface area contributed by atoms with Crippen molar-refractivity contribution in [3.63, 3.8) is 0 Å². The average Bonchev–Trinajstić information content (AvgIpc) is 2.35. The highest BCUT2D eigenvalue weighted by atomic mass is 35.5. The minimum atomic E-state index is 0.241. The number of aliphatic hydroxyl groups excluding tert-OH is 1. The number of hydrogen-bond acceptors (Lipinski definition) is 3. The molecule has 4 heteroatoms. The molecular formula is C15H23ClN2O. The third kappa shape index (κ3) is 3.41. The van der Waals surface area contributed by atoms with E-state index in [2.05, 4.69) is 16.3 Å². The first-order valence-corrected chi connectivity index (χ1v) is 7.45. The summed E-state index contributed by atoms with van der Waals surface area (Å²) in [5.74, 6) is 0. The SMILES string of the molecule is CNCc1c(Cl)cccc1N(CCCO)C1CCC1. The van der Waals surface area contributed by atoms with E-state index in [0.717, 1.165) is 30.1 Å². The number of benzene rings is 1. The van der Waals surface area contributed by atoms with E-state index in [4.69, 9.17) is 16.7 Å². The second kappa shape index (κ2) is 7.13. The van der Waals surface area contributed by atoms with Gasteiger partial charge in [-0.15, -0.1) is 0 Å². The van der Waals surface area contributed by atoms with Gasteiger partial charge in [-0.1, -0.05) is 17.7 Å². The largest absolute Gasteiger partial charge is 0.396 e. The molecule has 19 heavy (non-hydrogen) atoms. The van der Waals surface area contributed by atoms with Crippen LogP contribution in [0.25, 0.3) is 0 Å². The summed E-state index contributed by atoms with van der Waals surface area (Å²) in [4.78, 5) is 2.43. The maximum atomic E-state index is 9.10. The monoisotopic (exact) mass is 282 g/mol. The van der Waals surface area contributed by atoms with Crippen LogP contribution in [0.3, 0.4) is 0 Å². The molecular weight excluding hydrogens is 260 g/mol. The summed E-state index contributed by atoms with van der Waals surface area (Å²) in [5, 5.41) is 13.1. The van der Waals surface area contributed by atoms with Crippen molar-refractivity contribution in [2.75, 3.05) is 25.1 Å². The standard InChI is InChI=1S/C15H23ClN2O/c1-17-11-13-14(16)7-3-8-15(13)18(9-4-10-19)12-5-2-6-12/h3,7-8,12,17,19H,2,4-6,9-11H2,1H3. The van der Waals surface area contributed by atoms with E-state index in [1.165, 1.54) is 24.9 Å². The Bertz CT molecular complexity index is 407. The summed E-state index contributed by atoms with van der Waals surface area (Å²) in [5.41, 5.74) is 2.39. The van der Waals surface area contributed by atoms with Crippen molar-refractivity contribution < 1.29 is 5.11 Å². The van der Waals surface area contributed by atoms with Crippen LogP contribution in [0.2, 0.25) is 5.02 Å². The molecule has 2 rings (SSSR count). The fourth-order valence-electron chi connectivity index (χ4n) is 2.61. The first-order chi connectivity index (χ1) is 9.27. The van der Waals surface area contributed by atoms with Gasteiger partial charge >= 0.3 is 0 Å². The third-order valence-corrected chi connectivity index (χ3v) is 4.18. The Balaban J connectivity index is 2.26. The molecule has 3 nitrogen and oxygen atoms in total. The average molecular weight is 283 g/mol. The summed E-state index contributed by atoms with van der Waals surface area (Å²) >= 11 is 6.34. The highest BCUT2D eigenvalue weighted by Gasteiger charge is 2.26. The van der Waals surface area contributed by atoms with Gasteiger partial charge < -0.3 is 15.3 Å². The van der Waals surface area contributed by atoms with Crippen molar-refractivity contribution in [3.05, 3.63) is 28.8 Å². The Morgan fingerprint density at radius 1 is 1.42 bits per heavy atom. The molecule has 0 saturated heterocycles. The molecule has 0 bridgehead atoms. The van der Waals surface area contributed by atoms with Crippen LogP contribution in [0.1, 0.15) is 31.2 Å². The molecule has 0 atom stereocenters. The topological polar surface area (TPSA) is 35.5 Å². The molecule has 0 spiro atoms. The molecule has 1 aliphatic rings. The molecule has 106 valence electrons. The number of nitrogens with one attached hydrogen (secondary N) is 1. The first kappa shape index (κ1) is 14.6. The minimum absolute atomic E-state index is 0.241. The Hall–Kier alpha value is -0.770. The van der Waals surface area contributed by atoms with Crippen LogP contribution in [0.15, 0.2) is 18.2 Å². The van der Waals surface area contributed by atoms with Crippen molar-refractivity contribution >= 4 is 17.3 Å². The predicted octanol–water partition coefficient (Wildman–Crippen LogP) is 2.80. The molecule has 1 aliphatic carbocycles.